The SMILES string of the molecule is CCCNC(c1ccc2c(c1)OCCCO2)C1CCCC1. The van der Waals surface area contributed by atoms with Gasteiger partial charge in [0.05, 0.1) is 13.2 Å². The molecule has 0 amide bonds. The summed E-state index contributed by atoms with van der Waals surface area (Å²) in [6.45, 7) is 4.82. The molecule has 1 fully saturated rings. The molecule has 116 valence electrons. The predicted molar refractivity (Wildman–Crippen MR) is 85.0 cm³/mol. The monoisotopic (exact) mass is 289 g/mol. The number of fused-ring (bicyclic) bond motifs is 1. The number of ether oxygens (including phenoxy) is 2. The molecule has 0 spiro atoms. The topological polar surface area (TPSA) is 30.5 Å². The van der Waals surface area contributed by atoms with E-state index in [0.717, 1.165) is 43.6 Å². The third-order valence-corrected chi connectivity index (χ3v) is 4.62. The Morgan fingerprint density at radius 2 is 1.86 bits per heavy atom. The fourth-order valence-electron chi connectivity index (χ4n) is 3.52. The van der Waals surface area contributed by atoms with Crippen LogP contribution >= 0.6 is 0 Å². The van der Waals surface area contributed by atoms with Crippen LogP contribution in [0.4, 0.5) is 0 Å². The molecule has 3 rings (SSSR count). The van der Waals surface area contributed by atoms with Gasteiger partial charge in [0.15, 0.2) is 11.5 Å². The van der Waals surface area contributed by atoms with E-state index in [1.165, 1.54) is 37.7 Å². The summed E-state index contributed by atoms with van der Waals surface area (Å²) in [5.74, 6) is 2.59. The third-order valence-electron chi connectivity index (χ3n) is 4.62. The van der Waals surface area contributed by atoms with Crippen LogP contribution in [0.3, 0.4) is 0 Å². The van der Waals surface area contributed by atoms with Crippen molar-refractivity contribution < 1.29 is 9.47 Å². The number of nitrogens with one attached hydrogen (secondary N) is 1. The van der Waals surface area contributed by atoms with E-state index in [0.29, 0.717) is 6.04 Å². The molecule has 1 heterocycles. The molecule has 0 bridgehead atoms. The Labute approximate surface area is 128 Å². The molecule has 0 radical (unpaired) electrons. The Bertz CT molecular complexity index is 455. The molecule has 1 aromatic rings. The molecule has 1 N–H and O–H groups in total. The van der Waals surface area contributed by atoms with Crippen LogP contribution in [0.1, 0.15) is 57.1 Å². The van der Waals surface area contributed by atoms with Gasteiger partial charge >= 0.3 is 0 Å². The lowest BCUT2D eigenvalue weighted by molar-refractivity contribution is 0.296. The zero-order valence-electron chi connectivity index (χ0n) is 13.1. The number of benzene rings is 1. The van der Waals surface area contributed by atoms with E-state index in [4.69, 9.17) is 9.47 Å². The molecule has 1 saturated carbocycles. The summed E-state index contributed by atoms with van der Waals surface area (Å²) < 4.78 is 11.6. The van der Waals surface area contributed by atoms with Gasteiger partial charge in [-0.1, -0.05) is 25.8 Å². The highest BCUT2D eigenvalue weighted by atomic mass is 16.5. The second-order valence-electron chi connectivity index (χ2n) is 6.23. The maximum Gasteiger partial charge on any atom is 0.161 e. The number of rotatable bonds is 5. The largest absolute Gasteiger partial charge is 0.490 e. The van der Waals surface area contributed by atoms with Crippen LogP contribution in [0.15, 0.2) is 18.2 Å². The lowest BCUT2D eigenvalue weighted by atomic mass is 9.91. The summed E-state index contributed by atoms with van der Waals surface area (Å²) in [4.78, 5) is 0. The van der Waals surface area contributed by atoms with Gasteiger partial charge in [0.25, 0.3) is 0 Å². The molecule has 1 aliphatic heterocycles. The molecular formula is C18H27NO2. The third kappa shape index (κ3) is 3.52. The van der Waals surface area contributed by atoms with Crippen molar-refractivity contribution in [3.8, 4) is 11.5 Å². The second-order valence-corrected chi connectivity index (χ2v) is 6.23. The van der Waals surface area contributed by atoms with Gasteiger partial charge in [-0.25, -0.2) is 0 Å². The minimum atomic E-state index is 0.463. The van der Waals surface area contributed by atoms with Crippen molar-refractivity contribution >= 4 is 0 Å². The average molecular weight is 289 g/mol. The quantitative estimate of drug-likeness (QED) is 0.886. The first-order chi connectivity index (χ1) is 10.4. The Hall–Kier alpha value is -1.22. The first kappa shape index (κ1) is 14.7. The van der Waals surface area contributed by atoms with Gasteiger partial charge in [-0.2, -0.15) is 0 Å². The maximum atomic E-state index is 5.85. The van der Waals surface area contributed by atoms with Crippen molar-refractivity contribution in [1.29, 1.82) is 0 Å². The van der Waals surface area contributed by atoms with E-state index in [1.54, 1.807) is 0 Å². The van der Waals surface area contributed by atoms with Crippen LogP contribution in [-0.2, 0) is 0 Å². The van der Waals surface area contributed by atoms with Crippen LogP contribution in [0.5, 0.6) is 11.5 Å². The smallest absolute Gasteiger partial charge is 0.161 e. The van der Waals surface area contributed by atoms with Crippen molar-refractivity contribution in [3.05, 3.63) is 23.8 Å². The van der Waals surface area contributed by atoms with Crippen LogP contribution in [0.25, 0.3) is 0 Å². The molecule has 0 saturated heterocycles. The molecule has 3 nitrogen and oxygen atoms in total. The Morgan fingerprint density at radius 3 is 2.62 bits per heavy atom. The molecule has 1 unspecified atom stereocenters. The van der Waals surface area contributed by atoms with Gasteiger partial charge in [0.1, 0.15) is 0 Å². The second kappa shape index (κ2) is 7.17. The molecule has 3 heteroatoms. The molecule has 0 aromatic heterocycles. The highest BCUT2D eigenvalue weighted by Gasteiger charge is 2.26. The molecule has 1 aromatic carbocycles. The lowest BCUT2D eigenvalue weighted by Crippen LogP contribution is -2.27. The summed E-state index contributed by atoms with van der Waals surface area (Å²) in [6.07, 6.45) is 7.57. The van der Waals surface area contributed by atoms with Crippen molar-refractivity contribution in [1.82, 2.24) is 5.32 Å². The van der Waals surface area contributed by atoms with Crippen molar-refractivity contribution in [2.24, 2.45) is 5.92 Å². The predicted octanol–water partition coefficient (Wildman–Crippen LogP) is 4.08. The zero-order chi connectivity index (χ0) is 14.5. The van der Waals surface area contributed by atoms with Gasteiger partial charge < -0.3 is 14.8 Å². The standard InChI is InChI=1S/C18H27NO2/c1-2-10-19-18(14-6-3-4-7-14)15-8-9-16-17(13-15)21-12-5-11-20-16/h8-9,13-14,18-19H,2-7,10-12H2,1H3. The maximum absolute atomic E-state index is 5.85. The van der Waals surface area contributed by atoms with E-state index in [1.807, 2.05) is 0 Å². The van der Waals surface area contributed by atoms with E-state index in [-0.39, 0.29) is 0 Å². The molecule has 1 atom stereocenters. The van der Waals surface area contributed by atoms with E-state index in [2.05, 4.69) is 30.4 Å². The van der Waals surface area contributed by atoms with Crippen LogP contribution < -0.4 is 14.8 Å². The highest BCUT2D eigenvalue weighted by molar-refractivity contribution is 5.44. The van der Waals surface area contributed by atoms with Gasteiger partial charge in [-0.05, 0) is 49.4 Å². The Balaban J connectivity index is 1.82. The van der Waals surface area contributed by atoms with Crippen molar-refractivity contribution in [2.75, 3.05) is 19.8 Å². The summed E-state index contributed by atoms with van der Waals surface area (Å²) >= 11 is 0. The van der Waals surface area contributed by atoms with E-state index < -0.39 is 0 Å². The molecule has 1 aliphatic carbocycles. The molecular weight excluding hydrogens is 262 g/mol. The minimum absolute atomic E-state index is 0.463. The first-order valence-electron chi connectivity index (χ1n) is 8.51. The van der Waals surface area contributed by atoms with Crippen LogP contribution in [-0.4, -0.2) is 19.8 Å². The average Bonchev–Trinajstić information content (AvgIpc) is 2.93. The molecule has 21 heavy (non-hydrogen) atoms. The first-order valence-corrected chi connectivity index (χ1v) is 8.51. The summed E-state index contributed by atoms with van der Waals surface area (Å²) in [7, 11) is 0. The molecule has 2 aliphatic rings. The fraction of sp³-hybridized carbons (Fsp3) is 0.667. The summed E-state index contributed by atoms with van der Waals surface area (Å²) in [5.41, 5.74) is 1.36. The fourth-order valence-corrected chi connectivity index (χ4v) is 3.52. The van der Waals surface area contributed by atoms with Crippen molar-refractivity contribution in [2.45, 2.75) is 51.5 Å². The highest BCUT2D eigenvalue weighted by Crippen LogP contribution is 2.39. The normalized spacial score (nSPS) is 20.2. The van der Waals surface area contributed by atoms with Gasteiger partial charge in [-0.3, -0.25) is 0 Å². The summed E-state index contributed by atoms with van der Waals surface area (Å²) in [5, 5.41) is 3.75. The van der Waals surface area contributed by atoms with E-state index in [9.17, 15) is 0 Å². The van der Waals surface area contributed by atoms with Crippen LogP contribution in [0.2, 0.25) is 0 Å². The number of hydrogen-bond acceptors (Lipinski definition) is 3. The van der Waals surface area contributed by atoms with Gasteiger partial charge in [0.2, 0.25) is 0 Å². The van der Waals surface area contributed by atoms with Crippen LogP contribution in [0, 0.1) is 5.92 Å². The zero-order valence-corrected chi connectivity index (χ0v) is 13.1. The van der Waals surface area contributed by atoms with Gasteiger partial charge in [0, 0.05) is 12.5 Å². The Kier molecular flexibility index (Phi) is 5.02. The van der Waals surface area contributed by atoms with Crippen molar-refractivity contribution in [3.63, 3.8) is 0 Å². The summed E-state index contributed by atoms with van der Waals surface area (Å²) in [6, 6.07) is 6.97. The Morgan fingerprint density at radius 1 is 1.10 bits per heavy atom. The van der Waals surface area contributed by atoms with E-state index >= 15 is 0 Å². The van der Waals surface area contributed by atoms with Gasteiger partial charge in [-0.15, -0.1) is 0 Å². The lowest BCUT2D eigenvalue weighted by Gasteiger charge is -2.26. The minimum Gasteiger partial charge on any atom is -0.490 e. The number of hydrogen-bond donors (Lipinski definition) is 1.